The Morgan fingerprint density at radius 1 is 1.83 bits per heavy atom. The molecule has 2 rings (SSSR count). The molecule has 96 valence electrons. The number of ether oxygens (including phenoxy) is 1. The Labute approximate surface area is 109 Å². The number of morpholine rings is 1. The lowest BCUT2D eigenvalue weighted by atomic mass is 10.3. The normalized spacial score (nSPS) is 19.2. The lowest BCUT2D eigenvalue weighted by Crippen LogP contribution is -2.44. The van der Waals surface area contributed by atoms with Gasteiger partial charge in [-0.1, -0.05) is 17.8 Å². The monoisotopic (exact) mass is 267 g/mol. The molecule has 7 heteroatoms. The molecule has 1 aromatic rings. The number of carboxylic acid groups (broad SMARTS) is 1. The molecule has 1 fully saturated rings. The molecule has 0 radical (unpaired) electrons. The topological polar surface area (TPSA) is 74.7 Å². The van der Waals surface area contributed by atoms with E-state index in [-0.39, 0.29) is 11.0 Å². The van der Waals surface area contributed by atoms with E-state index in [4.69, 9.17) is 16.3 Å². The van der Waals surface area contributed by atoms with E-state index >= 15 is 0 Å². The molecule has 0 saturated carbocycles. The minimum atomic E-state index is -0.994. The molecule has 1 atom stereocenters. The number of hydrogen-bond donors (Lipinski definition) is 2. The van der Waals surface area contributed by atoms with Crippen molar-refractivity contribution in [3.63, 3.8) is 0 Å². The van der Waals surface area contributed by atoms with Crippen LogP contribution < -0.4 is 10.2 Å². The summed E-state index contributed by atoms with van der Waals surface area (Å²) in [5.41, 5.74) is 0. The number of terminal acetylenes is 1. The van der Waals surface area contributed by atoms with Crippen molar-refractivity contribution in [2.75, 3.05) is 31.1 Å². The van der Waals surface area contributed by atoms with Crippen LogP contribution in [0.15, 0.2) is 6.20 Å². The highest BCUT2D eigenvalue weighted by molar-refractivity contribution is 7.17. The second-order valence-corrected chi connectivity index (χ2v) is 4.76. The molecule has 0 bridgehead atoms. The number of aromatic carboxylic acids is 1. The predicted octanol–water partition coefficient (Wildman–Crippen LogP) is 0.227. The molecule has 6 nitrogen and oxygen atoms in total. The fourth-order valence-electron chi connectivity index (χ4n) is 1.62. The first kappa shape index (κ1) is 12.8. The molecule has 2 N–H and O–H groups in total. The molecule has 2 heterocycles. The number of anilines is 1. The second-order valence-electron chi connectivity index (χ2n) is 3.75. The standard InChI is InChI=1S/C11H13N3O3S/c1-2-14(7-8-5-12-3-4-17-8)11-13-6-9(18-11)10(15)16/h1,6,8,12H,3-5,7H2,(H,15,16)/t8-/m0/s1. The van der Waals surface area contributed by atoms with Gasteiger partial charge >= 0.3 is 5.97 Å². The molecule has 0 unspecified atom stereocenters. The molecule has 1 aromatic heterocycles. The van der Waals surface area contributed by atoms with Gasteiger partial charge in [0.25, 0.3) is 0 Å². The third-order valence-corrected chi connectivity index (χ3v) is 3.49. The maximum atomic E-state index is 10.8. The van der Waals surface area contributed by atoms with E-state index < -0.39 is 5.97 Å². The van der Waals surface area contributed by atoms with Crippen LogP contribution in [0.1, 0.15) is 9.67 Å². The van der Waals surface area contributed by atoms with Gasteiger partial charge < -0.3 is 15.2 Å². The first-order valence-corrected chi connectivity index (χ1v) is 6.27. The fraction of sp³-hybridized carbons (Fsp3) is 0.455. The van der Waals surface area contributed by atoms with Gasteiger partial charge in [0.05, 0.1) is 25.5 Å². The summed E-state index contributed by atoms with van der Waals surface area (Å²) < 4.78 is 5.55. The number of carboxylic acids is 1. The second kappa shape index (κ2) is 5.82. The lowest BCUT2D eigenvalue weighted by Gasteiger charge is -2.26. The van der Waals surface area contributed by atoms with Gasteiger partial charge in [0, 0.05) is 19.1 Å². The summed E-state index contributed by atoms with van der Waals surface area (Å²) in [5, 5.41) is 12.6. The van der Waals surface area contributed by atoms with E-state index in [1.165, 1.54) is 6.20 Å². The van der Waals surface area contributed by atoms with Gasteiger partial charge in [0.2, 0.25) is 0 Å². The van der Waals surface area contributed by atoms with Crippen LogP contribution in [0.25, 0.3) is 0 Å². The third kappa shape index (κ3) is 2.98. The predicted molar refractivity (Wildman–Crippen MR) is 67.9 cm³/mol. The van der Waals surface area contributed by atoms with Crippen LogP contribution in [0.4, 0.5) is 5.13 Å². The summed E-state index contributed by atoms with van der Waals surface area (Å²) in [6.45, 7) is 2.72. The largest absolute Gasteiger partial charge is 0.477 e. The van der Waals surface area contributed by atoms with Crippen LogP contribution in [-0.2, 0) is 4.74 Å². The van der Waals surface area contributed by atoms with Crippen molar-refractivity contribution in [1.29, 1.82) is 0 Å². The highest BCUT2D eigenvalue weighted by atomic mass is 32.1. The SMILES string of the molecule is C#CN(C[C@@H]1CNCCO1)c1ncc(C(=O)O)s1. The summed E-state index contributed by atoms with van der Waals surface area (Å²) in [4.78, 5) is 16.6. The Morgan fingerprint density at radius 3 is 3.22 bits per heavy atom. The average molecular weight is 267 g/mol. The molecule has 0 aliphatic carbocycles. The summed E-state index contributed by atoms with van der Waals surface area (Å²) in [7, 11) is 0. The Bertz CT molecular complexity index is 462. The van der Waals surface area contributed by atoms with Crippen LogP contribution in [0.2, 0.25) is 0 Å². The summed E-state index contributed by atoms with van der Waals surface area (Å²) in [6, 6.07) is 2.50. The van der Waals surface area contributed by atoms with Crippen molar-refractivity contribution in [3.8, 4) is 12.5 Å². The number of carbonyl (C=O) groups is 1. The summed E-state index contributed by atoms with van der Waals surface area (Å²) in [6.07, 6.45) is 6.73. The van der Waals surface area contributed by atoms with E-state index in [2.05, 4.69) is 16.3 Å². The summed E-state index contributed by atoms with van der Waals surface area (Å²) >= 11 is 1.06. The van der Waals surface area contributed by atoms with Crippen molar-refractivity contribution in [2.45, 2.75) is 6.10 Å². The van der Waals surface area contributed by atoms with E-state index in [1.54, 1.807) is 4.90 Å². The summed E-state index contributed by atoms with van der Waals surface area (Å²) in [5.74, 6) is -0.994. The van der Waals surface area contributed by atoms with E-state index in [9.17, 15) is 4.79 Å². The van der Waals surface area contributed by atoms with Crippen LogP contribution in [0.5, 0.6) is 0 Å². The quantitative estimate of drug-likeness (QED) is 0.601. The molecule has 1 aliphatic heterocycles. The fourth-order valence-corrected chi connectivity index (χ4v) is 2.35. The molecular weight excluding hydrogens is 254 g/mol. The first-order chi connectivity index (χ1) is 8.70. The van der Waals surface area contributed by atoms with Crippen molar-refractivity contribution in [3.05, 3.63) is 11.1 Å². The van der Waals surface area contributed by atoms with Crippen LogP contribution >= 0.6 is 11.3 Å². The number of rotatable bonds is 4. The van der Waals surface area contributed by atoms with E-state index in [0.717, 1.165) is 24.4 Å². The highest BCUT2D eigenvalue weighted by Crippen LogP contribution is 2.22. The number of thiazole rings is 1. The Morgan fingerprint density at radius 2 is 2.67 bits per heavy atom. The Kier molecular flexibility index (Phi) is 4.15. The maximum Gasteiger partial charge on any atom is 0.347 e. The van der Waals surface area contributed by atoms with Crippen molar-refractivity contribution in [1.82, 2.24) is 10.3 Å². The zero-order valence-electron chi connectivity index (χ0n) is 9.63. The van der Waals surface area contributed by atoms with Gasteiger partial charge in [-0.2, -0.15) is 0 Å². The average Bonchev–Trinajstić information content (AvgIpc) is 2.87. The lowest BCUT2D eigenvalue weighted by molar-refractivity contribution is 0.0347. The van der Waals surface area contributed by atoms with Crippen LogP contribution in [-0.4, -0.2) is 48.4 Å². The minimum absolute atomic E-state index is 0.00743. The van der Waals surface area contributed by atoms with Gasteiger partial charge in [-0.25, -0.2) is 9.78 Å². The molecule has 0 spiro atoms. The van der Waals surface area contributed by atoms with Gasteiger partial charge in [0.1, 0.15) is 4.88 Å². The number of nitrogens with zero attached hydrogens (tertiary/aromatic N) is 2. The molecule has 1 saturated heterocycles. The van der Waals surface area contributed by atoms with Crippen LogP contribution in [0.3, 0.4) is 0 Å². The van der Waals surface area contributed by atoms with Gasteiger partial charge in [0.15, 0.2) is 5.13 Å². The van der Waals surface area contributed by atoms with Gasteiger partial charge in [-0.15, -0.1) is 0 Å². The Balaban J connectivity index is 2.03. The van der Waals surface area contributed by atoms with Crippen LogP contribution in [0, 0.1) is 12.5 Å². The molecule has 0 amide bonds. The zero-order chi connectivity index (χ0) is 13.0. The zero-order valence-corrected chi connectivity index (χ0v) is 10.4. The molecule has 18 heavy (non-hydrogen) atoms. The van der Waals surface area contributed by atoms with Gasteiger partial charge in [-0.3, -0.25) is 4.90 Å². The van der Waals surface area contributed by atoms with Gasteiger partial charge in [-0.05, 0) is 0 Å². The minimum Gasteiger partial charge on any atom is -0.477 e. The van der Waals surface area contributed by atoms with Crippen molar-refractivity contribution >= 4 is 22.4 Å². The first-order valence-electron chi connectivity index (χ1n) is 5.46. The number of nitrogens with one attached hydrogen (secondary N) is 1. The van der Waals surface area contributed by atoms with Crippen molar-refractivity contribution in [2.24, 2.45) is 0 Å². The number of hydrogen-bond acceptors (Lipinski definition) is 6. The highest BCUT2D eigenvalue weighted by Gasteiger charge is 2.19. The number of aromatic nitrogens is 1. The smallest absolute Gasteiger partial charge is 0.347 e. The Hall–Kier alpha value is -1.62. The van der Waals surface area contributed by atoms with E-state index in [0.29, 0.717) is 18.3 Å². The molecule has 0 aromatic carbocycles. The third-order valence-electron chi connectivity index (χ3n) is 2.48. The molecular formula is C11H13N3O3S. The van der Waals surface area contributed by atoms with E-state index in [1.807, 2.05) is 0 Å². The molecule has 1 aliphatic rings. The van der Waals surface area contributed by atoms with Crippen molar-refractivity contribution < 1.29 is 14.6 Å². The maximum absolute atomic E-state index is 10.8.